The Labute approximate surface area is 242 Å². The van der Waals surface area contributed by atoms with Crippen molar-refractivity contribution >= 4 is 17.4 Å². The number of aliphatic hydroxyl groups is 1. The molecule has 7 nitrogen and oxygen atoms in total. The van der Waals surface area contributed by atoms with E-state index in [0.29, 0.717) is 54.6 Å². The van der Waals surface area contributed by atoms with Gasteiger partial charge in [-0.15, -0.1) is 0 Å². The third-order valence-electron chi connectivity index (χ3n) is 7.13. The van der Waals surface area contributed by atoms with Gasteiger partial charge < -0.3 is 24.2 Å². The molecule has 0 aliphatic carbocycles. The van der Waals surface area contributed by atoms with Gasteiger partial charge in [0.25, 0.3) is 11.7 Å². The molecule has 0 bridgehead atoms. The summed E-state index contributed by atoms with van der Waals surface area (Å²) in [5, 5.41) is 11.4. The van der Waals surface area contributed by atoms with Gasteiger partial charge in [-0.2, -0.15) is 0 Å². The van der Waals surface area contributed by atoms with Gasteiger partial charge in [-0.25, -0.2) is 0 Å². The normalized spacial score (nSPS) is 16.2. The van der Waals surface area contributed by atoms with Gasteiger partial charge in [0.15, 0.2) is 11.5 Å². The van der Waals surface area contributed by atoms with E-state index >= 15 is 0 Å². The number of ketones is 1. The highest BCUT2D eigenvalue weighted by Gasteiger charge is 2.46. The molecule has 1 fully saturated rings. The zero-order valence-electron chi connectivity index (χ0n) is 24.1. The van der Waals surface area contributed by atoms with Crippen molar-refractivity contribution in [3.05, 3.63) is 95.1 Å². The number of benzene rings is 3. The van der Waals surface area contributed by atoms with Crippen molar-refractivity contribution in [3.63, 3.8) is 0 Å². The first kappa shape index (κ1) is 29.7. The molecule has 0 saturated carbocycles. The van der Waals surface area contributed by atoms with Gasteiger partial charge in [-0.05, 0) is 66.8 Å². The molecular weight excluding hydrogens is 518 g/mol. The number of ether oxygens (including phenoxy) is 3. The zero-order valence-corrected chi connectivity index (χ0v) is 24.1. The smallest absolute Gasteiger partial charge is 0.295 e. The van der Waals surface area contributed by atoms with Gasteiger partial charge in [-0.3, -0.25) is 9.59 Å². The Morgan fingerprint density at radius 3 is 2.29 bits per heavy atom. The fraction of sp³-hybridized carbons (Fsp3) is 0.353. The summed E-state index contributed by atoms with van der Waals surface area (Å²) in [6, 6.07) is 21.3. The Bertz CT molecular complexity index is 1350. The third kappa shape index (κ3) is 7.09. The highest BCUT2D eigenvalue weighted by atomic mass is 16.5. The molecule has 1 atom stereocenters. The number of methoxy groups -OCH3 is 1. The number of amides is 1. The van der Waals surface area contributed by atoms with Gasteiger partial charge in [0.2, 0.25) is 0 Å². The Hall–Kier alpha value is -4.26. The lowest BCUT2D eigenvalue weighted by Gasteiger charge is -2.26. The maximum absolute atomic E-state index is 13.5. The molecule has 1 saturated heterocycles. The van der Waals surface area contributed by atoms with Crippen LogP contribution in [-0.4, -0.2) is 48.6 Å². The minimum atomic E-state index is -0.794. The van der Waals surface area contributed by atoms with E-state index in [9.17, 15) is 14.7 Å². The lowest BCUT2D eigenvalue weighted by molar-refractivity contribution is -0.139. The van der Waals surface area contributed by atoms with Crippen LogP contribution in [0.4, 0.5) is 0 Å². The van der Waals surface area contributed by atoms with Crippen LogP contribution in [0, 0.1) is 0 Å². The summed E-state index contributed by atoms with van der Waals surface area (Å²) in [7, 11) is 1.56. The molecule has 41 heavy (non-hydrogen) atoms. The Morgan fingerprint density at radius 2 is 1.61 bits per heavy atom. The molecular formula is C34H39NO6. The minimum absolute atomic E-state index is 0.0453. The second kappa shape index (κ2) is 14.4. The van der Waals surface area contributed by atoms with Crippen LogP contribution < -0.4 is 14.2 Å². The SMILES string of the molecule is CCCCCOc1ccc(C2/C(=C(\O)c3ccc(OCCC)cc3)C(=O)C(=O)N2CCc2ccccc2)cc1OC. The molecule has 1 heterocycles. The van der Waals surface area contributed by atoms with Crippen molar-refractivity contribution in [2.24, 2.45) is 0 Å². The van der Waals surface area contributed by atoms with Crippen LogP contribution >= 0.6 is 0 Å². The molecule has 1 N–H and O–H groups in total. The number of hydrogen-bond acceptors (Lipinski definition) is 6. The van der Waals surface area contributed by atoms with E-state index in [1.165, 1.54) is 4.90 Å². The lowest BCUT2D eigenvalue weighted by atomic mass is 9.94. The van der Waals surface area contributed by atoms with Crippen molar-refractivity contribution in [1.29, 1.82) is 0 Å². The summed E-state index contributed by atoms with van der Waals surface area (Å²) in [4.78, 5) is 28.4. The summed E-state index contributed by atoms with van der Waals surface area (Å²) in [5.41, 5.74) is 2.18. The second-order valence-corrected chi connectivity index (χ2v) is 10.1. The highest BCUT2D eigenvalue weighted by molar-refractivity contribution is 6.46. The number of unbranched alkanes of at least 4 members (excludes halogenated alkanes) is 2. The minimum Gasteiger partial charge on any atom is -0.507 e. The average molecular weight is 558 g/mol. The lowest BCUT2D eigenvalue weighted by Crippen LogP contribution is -2.31. The van der Waals surface area contributed by atoms with Gasteiger partial charge in [0.1, 0.15) is 11.5 Å². The summed E-state index contributed by atoms with van der Waals surface area (Å²) in [5.74, 6) is 0.181. The van der Waals surface area contributed by atoms with Gasteiger partial charge in [0, 0.05) is 12.1 Å². The first-order valence-corrected chi connectivity index (χ1v) is 14.3. The monoisotopic (exact) mass is 557 g/mol. The molecule has 1 aliphatic rings. The molecule has 3 aromatic carbocycles. The fourth-order valence-electron chi connectivity index (χ4n) is 4.94. The standard InChI is InChI=1S/C34H39NO6/c1-4-6-10-22-41-28-18-15-26(23-29(28)39-3)31-30(32(36)25-13-16-27(17-14-25)40-21-5-2)33(37)34(38)35(31)20-19-24-11-8-7-9-12-24/h7-9,11-18,23,31,36H,4-6,10,19-22H2,1-3H3/b32-30+. The number of likely N-dealkylation sites (tertiary alicyclic amines) is 1. The number of aliphatic hydroxyl groups excluding tert-OH is 1. The van der Waals surface area contributed by atoms with E-state index in [0.717, 1.165) is 31.2 Å². The van der Waals surface area contributed by atoms with E-state index in [1.54, 1.807) is 43.5 Å². The summed E-state index contributed by atoms with van der Waals surface area (Å²) >= 11 is 0. The van der Waals surface area contributed by atoms with Crippen molar-refractivity contribution in [3.8, 4) is 17.2 Å². The molecule has 7 heteroatoms. The first-order valence-electron chi connectivity index (χ1n) is 14.3. The maximum atomic E-state index is 13.5. The van der Waals surface area contributed by atoms with Crippen molar-refractivity contribution in [1.82, 2.24) is 4.90 Å². The summed E-state index contributed by atoms with van der Waals surface area (Å²) < 4.78 is 17.3. The molecule has 0 spiro atoms. The van der Waals surface area contributed by atoms with Gasteiger partial charge in [0.05, 0.1) is 31.9 Å². The molecule has 216 valence electrons. The molecule has 1 amide bonds. The van der Waals surface area contributed by atoms with Crippen LogP contribution in [0.15, 0.2) is 78.4 Å². The van der Waals surface area contributed by atoms with E-state index in [2.05, 4.69) is 6.92 Å². The van der Waals surface area contributed by atoms with Crippen LogP contribution in [0.3, 0.4) is 0 Å². The molecule has 3 aromatic rings. The number of carbonyl (C=O) groups excluding carboxylic acids is 2. The second-order valence-electron chi connectivity index (χ2n) is 10.1. The van der Waals surface area contributed by atoms with Crippen LogP contribution in [0.1, 0.15) is 62.3 Å². The van der Waals surface area contributed by atoms with Crippen molar-refractivity contribution in [2.75, 3.05) is 26.9 Å². The average Bonchev–Trinajstić information content (AvgIpc) is 3.26. The Morgan fingerprint density at radius 1 is 0.854 bits per heavy atom. The topological polar surface area (TPSA) is 85.3 Å². The molecule has 0 radical (unpaired) electrons. The number of rotatable bonds is 14. The van der Waals surface area contributed by atoms with Crippen LogP contribution in [-0.2, 0) is 16.0 Å². The van der Waals surface area contributed by atoms with E-state index in [4.69, 9.17) is 14.2 Å². The predicted octanol–water partition coefficient (Wildman–Crippen LogP) is 6.72. The first-order chi connectivity index (χ1) is 20.0. The summed E-state index contributed by atoms with van der Waals surface area (Å²) in [6.07, 6.45) is 4.53. The third-order valence-corrected chi connectivity index (χ3v) is 7.13. The molecule has 1 unspecified atom stereocenters. The van der Waals surface area contributed by atoms with Crippen LogP contribution in [0.25, 0.3) is 5.76 Å². The quantitative estimate of drug-likeness (QED) is 0.103. The maximum Gasteiger partial charge on any atom is 0.295 e. The Balaban J connectivity index is 1.72. The van der Waals surface area contributed by atoms with E-state index in [1.807, 2.05) is 43.3 Å². The highest BCUT2D eigenvalue weighted by Crippen LogP contribution is 2.42. The predicted molar refractivity (Wildman–Crippen MR) is 159 cm³/mol. The van der Waals surface area contributed by atoms with Crippen molar-refractivity contribution in [2.45, 2.75) is 52.0 Å². The number of nitrogens with zero attached hydrogens (tertiary/aromatic N) is 1. The largest absolute Gasteiger partial charge is 0.507 e. The van der Waals surface area contributed by atoms with E-state index in [-0.39, 0.29) is 11.3 Å². The molecule has 4 rings (SSSR count). The summed E-state index contributed by atoms with van der Waals surface area (Å²) in [6.45, 7) is 5.61. The number of hydrogen-bond donors (Lipinski definition) is 1. The molecule has 1 aliphatic heterocycles. The fourth-order valence-corrected chi connectivity index (χ4v) is 4.94. The van der Waals surface area contributed by atoms with E-state index < -0.39 is 17.7 Å². The van der Waals surface area contributed by atoms with Gasteiger partial charge >= 0.3 is 0 Å². The Kier molecular flexibility index (Phi) is 10.4. The molecule has 0 aromatic heterocycles. The number of carbonyl (C=O) groups is 2. The van der Waals surface area contributed by atoms with Crippen molar-refractivity contribution < 1.29 is 28.9 Å². The zero-order chi connectivity index (χ0) is 29.2. The number of Topliss-reactive ketones (excluding diaryl/α,β-unsaturated/α-hetero) is 1. The van der Waals surface area contributed by atoms with Crippen LogP contribution in [0.2, 0.25) is 0 Å². The van der Waals surface area contributed by atoms with Crippen LogP contribution in [0.5, 0.6) is 17.2 Å². The van der Waals surface area contributed by atoms with Gasteiger partial charge in [-0.1, -0.05) is 63.1 Å².